The summed E-state index contributed by atoms with van der Waals surface area (Å²) in [5.74, 6) is 0.0455. The van der Waals surface area contributed by atoms with Gasteiger partial charge in [0.15, 0.2) is 0 Å². The van der Waals surface area contributed by atoms with E-state index in [0.29, 0.717) is 18.7 Å². The van der Waals surface area contributed by atoms with Crippen LogP contribution in [0.2, 0.25) is 0 Å². The zero-order valence-corrected chi connectivity index (χ0v) is 14.1. The van der Waals surface area contributed by atoms with Crippen LogP contribution in [0.1, 0.15) is 40.3 Å². The Morgan fingerprint density at radius 1 is 1.22 bits per heavy atom. The van der Waals surface area contributed by atoms with E-state index in [0.717, 1.165) is 17.0 Å². The summed E-state index contributed by atoms with van der Waals surface area (Å²) in [4.78, 5) is 14.9. The maximum atomic E-state index is 13.0. The number of carbonyl (C=O) groups excluding carboxylic acids is 1. The molecule has 0 N–H and O–H groups in total. The number of nitrogens with zero attached hydrogens (tertiary/aromatic N) is 3. The molecule has 3 rings (SSSR count). The first-order chi connectivity index (χ1) is 11.0. The van der Waals surface area contributed by atoms with E-state index in [1.807, 2.05) is 63.1 Å². The van der Waals surface area contributed by atoms with E-state index in [-0.39, 0.29) is 18.1 Å². The van der Waals surface area contributed by atoms with E-state index in [2.05, 4.69) is 5.10 Å². The van der Waals surface area contributed by atoms with Gasteiger partial charge in [0, 0.05) is 19.3 Å². The Morgan fingerprint density at radius 3 is 2.52 bits per heavy atom. The van der Waals surface area contributed by atoms with Crippen LogP contribution in [0, 0.1) is 13.8 Å². The third-order valence-corrected chi connectivity index (χ3v) is 4.44. The Kier molecular flexibility index (Phi) is 4.22. The lowest BCUT2D eigenvalue weighted by Crippen LogP contribution is -2.46. The molecule has 0 unspecified atom stereocenters. The molecule has 0 aliphatic carbocycles. The molecule has 5 heteroatoms. The van der Waals surface area contributed by atoms with Gasteiger partial charge in [-0.3, -0.25) is 9.48 Å². The highest BCUT2D eigenvalue weighted by molar-refractivity contribution is 5.96. The molecule has 2 aromatic rings. The van der Waals surface area contributed by atoms with Gasteiger partial charge in [0.05, 0.1) is 23.9 Å². The Morgan fingerprint density at radius 2 is 1.91 bits per heavy atom. The third kappa shape index (κ3) is 3.01. The molecule has 2 atom stereocenters. The monoisotopic (exact) mass is 313 g/mol. The topological polar surface area (TPSA) is 47.4 Å². The van der Waals surface area contributed by atoms with E-state index in [1.54, 1.807) is 4.68 Å². The van der Waals surface area contributed by atoms with Crippen molar-refractivity contribution >= 4 is 5.91 Å². The van der Waals surface area contributed by atoms with Gasteiger partial charge in [-0.05, 0) is 26.3 Å². The van der Waals surface area contributed by atoms with Gasteiger partial charge in [-0.25, -0.2) is 0 Å². The molecule has 1 saturated heterocycles. The second-order valence-electron chi connectivity index (χ2n) is 6.23. The molecule has 2 heterocycles. The number of hydrogen-bond acceptors (Lipinski definition) is 3. The summed E-state index contributed by atoms with van der Waals surface area (Å²) in [6.07, 6.45) is -0.0728. The van der Waals surface area contributed by atoms with Gasteiger partial charge in [-0.15, -0.1) is 0 Å². The van der Waals surface area contributed by atoms with Gasteiger partial charge >= 0.3 is 0 Å². The van der Waals surface area contributed by atoms with Crippen LogP contribution in [-0.2, 0) is 11.8 Å². The first-order valence-corrected chi connectivity index (χ1v) is 7.97. The van der Waals surface area contributed by atoms with Crippen LogP contribution in [0.3, 0.4) is 0 Å². The molecule has 0 bridgehead atoms. The standard InChI is InChI=1S/C18H23N3O2/c1-12-10-21(11-16(23-12)15-8-6-5-7-9-15)18(22)17-13(2)19-20(4)14(17)3/h5-9,12,16H,10-11H2,1-4H3/t12-,16+/m0/s1. The van der Waals surface area contributed by atoms with Gasteiger partial charge in [-0.1, -0.05) is 30.3 Å². The number of hydrogen-bond donors (Lipinski definition) is 0. The highest BCUT2D eigenvalue weighted by Gasteiger charge is 2.32. The maximum absolute atomic E-state index is 13.0. The summed E-state index contributed by atoms with van der Waals surface area (Å²) in [6, 6.07) is 10.1. The summed E-state index contributed by atoms with van der Waals surface area (Å²) >= 11 is 0. The largest absolute Gasteiger partial charge is 0.367 e. The molecule has 5 nitrogen and oxygen atoms in total. The molecular weight excluding hydrogens is 290 g/mol. The Hall–Kier alpha value is -2.14. The van der Waals surface area contributed by atoms with Gasteiger partial charge < -0.3 is 9.64 Å². The summed E-state index contributed by atoms with van der Waals surface area (Å²) in [7, 11) is 1.87. The Labute approximate surface area is 136 Å². The van der Waals surface area contributed by atoms with Crippen molar-refractivity contribution in [2.75, 3.05) is 13.1 Å². The minimum absolute atomic E-state index is 0.00943. The van der Waals surface area contributed by atoms with E-state index in [9.17, 15) is 4.79 Å². The number of aromatic nitrogens is 2. The first kappa shape index (κ1) is 15.7. The number of ether oxygens (including phenoxy) is 1. The van der Waals surface area contributed by atoms with Crippen LogP contribution in [0.15, 0.2) is 30.3 Å². The predicted molar refractivity (Wildman–Crippen MR) is 88.3 cm³/mol. The lowest BCUT2D eigenvalue weighted by Gasteiger charge is -2.37. The van der Waals surface area contributed by atoms with Gasteiger partial charge in [0.1, 0.15) is 6.10 Å². The van der Waals surface area contributed by atoms with Crippen LogP contribution < -0.4 is 0 Å². The second-order valence-corrected chi connectivity index (χ2v) is 6.23. The molecule has 1 fully saturated rings. The quantitative estimate of drug-likeness (QED) is 0.856. The summed E-state index contributed by atoms with van der Waals surface area (Å²) < 4.78 is 7.80. The number of aryl methyl sites for hydroxylation is 2. The number of rotatable bonds is 2. The molecular formula is C18H23N3O2. The highest BCUT2D eigenvalue weighted by atomic mass is 16.5. The maximum Gasteiger partial charge on any atom is 0.257 e. The Bertz CT molecular complexity index is 709. The fourth-order valence-electron chi connectivity index (χ4n) is 3.21. The molecule has 0 spiro atoms. The average molecular weight is 313 g/mol. The lowest BCUT2D eigenvalue weighted by atomic mass is 10.1. The van der Waals surface area contributed by atoms with E-state index in [4.69, 9.17) is 4.74 Å². The third-order valence-electron chi connectivity index (χ3n) is 4.44. The highest BCUT2D eigenvalue weighted by Crippen LogP contribution is 2.27. The molecule has 0 saturated carbocycles. The Balaban J connectivity index is 1.86. The fraction of sp³-hybridized carbons (Fsp3) is 0.444. The summed E-state index contributed by atoms with van der Waals surface area (Å²) in [5, 5.41) is 4.36. The van der Waals surface area contributed by atoms with Gasteiger partial charge in [0.25, 0.3) is 5.91 Å². The second kappa shape index (κ2) is 6.16. The van der Waals surface area contributed by atoms with E-state index >= 15 is 0 Å². The number of benzene rings is 1. The van der Waals surface area contributed by atoms with E-state index < -0.39 is 0 Å². The molecule has 1 aromatic heterocycles. The smallest absolute Gasteiger partial charge is 0.257 e. The molecule has 1 aromatic carbocycles. The van der Waals surface area contributed by atoms with Crippen molar-refractivity contribution in [3.63, 3.8) is 0 Å². The molecule has 0 radical (unpaired) electrons. The molecule has 23 heavy (non-hydrogen) atoms. The van der Waals surface area contributed by atoms with Crippen molar-refractivity contribution < 1.29 is 9.53 Å². The normalized spacial score (nSPS) is 21.5. The van der Waals surface area contributed by atoms with Crippen LogP contribution in [0.4, 0.5) is 0 Å². The SMILES string of the molecule is Cc1nn(C)c(C)c1C(=O)N1C[C@H](C)O[C@@H](c2ccccc2)C1. The lowest BCUT2D eigenvalue weighted by molar-refractivity contribution is -0.0692. The van der Waals surface area contributed by atoms with Crippen molar-refractivity contribution in [1.29, 1.82) is 0 Å². The van der Waals surface area contributed by atoms with Crippen LogP contribution in [0.25, 0.3) is 0 Å². The summed E-state index contributed by atoms with van der Waals surface area (Å²) in [6.45, 7) is 7.01. The van der Waals surface area contributed by atoms with Crippen molar-refractivity contribution in [3.8, 4) is 0 Å². The zero-order valence-electron chi connectivity index (χ0n) is 14.1. The number of morpholine rings is 1. The molecule has 1 aliphatic rings. The number of amides is 1. The first-order valence-electron chi connectivity index (χ1n) is 7.97. The van der Waals surface area contributed by atoms with Crippen LogP contribution in [-0.4, -0.2) is 39.8 Å². The average Bonchev–Trinajstić information content (AvgIpc) is 2.79. The van der Waals surface area contributed by atoms with Crippen LogP contribution in [0.5, 0.6) is 0 Å². The van der Waals surface area contributed by atoms with Crippen molar-refractivity contribution in [3.05, 3.63) is 52.8 Å². The van der Waals surface area contributed by atoms with Gasteiger partial charge in [0.2, 0.25) is 0 Å². The van der Waals surface area contributed by atoms with Gasteiger partial charge in [-0.2, -0.15) is 5.10 Å². The number of carbonyl (C=O) groups is 1. The minimum Gasteiger partial charge on any atom is -0.367 e. The fourth-order valence-corrected chi connectivity index (χ4v) is 3.21. The molecule has 1 aliphatic heterocycles. The van der Waals surface area contributed by atoms with Crippen molar-refractivity contribution in [1.82, 2.24) is 14.7 Å². The predicted octanol–water partition coefficient (Wildman–Crippen LogP) is 2.64. The minimum atomic E-state index is -0.0822. The molecule has 1 amide bonds. The van der Waals surface area contributed by atoms with Crippen LogP contribution >= 0.6 is 0 Å². The zero-order chi connectivity index (χ0) is 16.6. The molecule has 122 valence electrons. The van der Waals surface area contributed by atoms with E-state index in [1.165, 1.54) is 0 Å². The van der Waals surface area contributed by atoms with Crippen molar-refractivity contribution in [2.24, 2.45) is 7.05 Å². The van der Waals surface area contributed by atoms with Crippen molar-refractivity contribution in [2.45, 2.75) is 33.0 Å². The summed E-state index contributed by atoms with van der Waals surface area (Å²) in [5.41, 5.74) is 3.51.